The Balaban J connectivity index is 2.27. The number of hydrogen-bond acceptors (Lipinski definition) is 3. The van der Waals surface area contributed by atoms with Crippen LogP contribution in [0.15, 0.2) is 42.7 Å². The van der Waals surface area contributed by atoms with Crippen molar-refractivity contribution in [3.8, 4) is 11.1 Å². The van der Waals surface area contributed by atoms with Gasteiger partial charge in [-0.1, -0.05) is 12.1 Å². The van der Waals surface area contributed by atoms with E-state index >= 15 is 0 Å². The molecule has 2 aromatic rings. The van der Waals surface area contributed by atoms with Crippen LogP contribution in [0.3, 0.4) is 0 Å². The van der Waals surface area contributed by atoms with Gasteiger partial charge in [-0.25, -0.2) is 0 Å². The Labute approximate surface area is 104 Å². The molecule has 0 spiro atoms. The van der Waals surface area contributed by atoms with Crippen molar-refractivity contribution < 1.29 is 9.59 Å². The third-order valence-corrected chi connectivity index (χ3v) is 3.12. The van der Waals surface area contributed by atoms with Crippen LogP contribution in [-0.2, 0) is 4.79 Å². The molecule has 1 amide bonds. The van der Waals surface area contributed by atoms with Crippen molar-refractivity contribution in [1.82, 2.24) is 4.98 Å². The molecule has 0 radical (unpaired) electrons. The van der Waals surface area contributed by atoms with Gasteiger partial charge in [0.1, 0.15) is 0 Å². The van der Waals surface area contributed by atoms with E-state index in [0.717, 1.165) is 11.1 Å². The highest BCUT2D eigenvalue weighted by atomic mass is 16.2. The number of Topliss-reactive ketones (excluding diaryl/α,β-unsaturated/α-hetero) is 1. The van der Waals surface area contributed by atoms with Gasteiger partial charge in [0.05, 0.1) is 11.3 Å². The second kappa shape index (κ2) is 3.77. The lowest BCUT2D eigenvalue weighted by Gasteiger charge is -2.10. The molecule has 3 rings (SSSR count). The molecule has 2 heterocycles. The number of rotatable bonds is 1. The molecule has 1 aliphatic rings. The highest BCUT2D eigenvalue weighted by molar-refractivity contribution is 6.53. The van der Waals surface area contributed by atoms with Gasteiger partial charge < -0.3 is 4.90 Å². The quantitative estimate of drug-likeness (QED) is 0.713. The van der Waals surface area contributed by atoms with Gasteiger partial charge in [0.25, 0.3) is 11.7 Å². The molecule has 0 atom stereocenters. The number of carbonyl (C=O) groups is 2. The lowest BCUT2D eigenvalue weighted by atomic mass is 9.98. The van der Waals surface area contributed by atoms with Gasteiger partial charge in [-0.2, -0.15) is 0 Å². The zero-order chi connectivity index (χ0) is 12.7. The van der Waals surface area contributed by atoms with Crippen LogP contribution in [0.4, 0.5) is 5.69 Å². The van der Waals surface area contributed by atoms with E-state index in [1.807, 2.05) is 24.3 Å². The number of benzene rings is 1. The van der Waals surface area contributed by atoms with Gasteiger partial charge in [0.15, 0.2) is 0 Å². The summed E-state index contributed by atoms with van der Waals surface area (Å²) in [5.41, 5.74) is 2.81. The third-order valence-electron chi connectivity index (χ3n) is 3.12. The number of pyridine rings is 1. The van der Waals surface area contributed by atoms with Gasteiger partial charge in [0, 0.05) is 19.4 Å². The molecule has 1 aromatic heterocycles. The van der Waals surface area contributed by atoms with Crippen molar-refractivity contribution in [2.45, 2.75) is 0 Å². The molecule has 0 aliphatic carbocycles. The molecule has 0 unspecified atom stereocenters. The van der Waals surface area contributed by atoms with Crippen LogP contribution >= 0.6 is 0 Å². The molecule has 18 heavy (non-hydrogen) atoms. The molecule has 4 heteroatoms. The first-order chi connectivity index (χ1) is 8.70. The third kappa shape index (κ3) is 1.35. The minimum atomic E-state index is -0.480. The molecular formula is C14H10N2O2. The second-order valence-electron chi connectivity index (χ2n) is 4.13. The summed E-state index contributed by atoms with van der Waals surface area (Å²) in [5.74, 6) is -0.925. The average Bonchev–Trinajstić information content (AvgIpc) is 2.65. The van der Waals surface area contributed by atoms with Crippen molar-refractivity contribution in [3.63, 3.8) is 0 Å². The van der Waals surface area contributed by atoms with Crippen LogP contribution < -0.4 is 4.90 Å². The molecular weight excluding hydrogens is 228 g/mol. The number of anilines is 1. The minimum Gasteiger partial charge on any atom is -0.308 e. The first-order valence-corrected chi connectivity index (χ1v) is 5.56. The van der Waals surface area contributed by atoms with Gasteiger partial charge >= 0.3 is 0 Å². The molecule has 1 aliphatic heterocycles. The maximum Gasteiger partial charge on any atom is 0.299 e. The molecule has 0 saturated carbocycles. The molecule has 1 aromatic carbocycles. The number of carbonyl (C=O) groups excluding carboxylic acids is 2. The fourth-order valence-corrected chi connectivity index (χ4v) is 2.20. The lowest BCUT2D eigenvalue weighted by Crippen LogP contribution is -2.24. The zero-order valence-corrected chi connectivity index (χ0v) is 9.75. The van der Waals surface area contributed by atoms with E-state index in [1.54, 1.807) is 25.5 Å². The fourth-order valence-electron chi connectivity index (χ4n) is 2.20. The van der Waals surface area contributed by atoms with Crippen molar-refractivity contribution in [1.29, 1.82) is 0 Å². The van der Waals surface area contributed by atoms with Crippen molar-refractivity contribution in [2.75, 3.05) is 11.9 Å². The Kier molecular flexibility index (Phi) is 2.23. The summed E-state index contributed by atoms with van der Waals surface area (Å²) >= 11 is 0. The standard InChI is InChI=1S/C14H10N2O2/c1-16-11-4-2-3-10(9-5-7-15-8-6-9)12(11)13(17)14(16)18/h2-8H,1H3. The summed E-state index contributed by atoms with van der Waals surface area (Å²) < 4.78 is 0. The monoisotopic (exact) mass is 238 g/mol. The van der Waals surface area contributed by atoms with Crippen LogP contribution in [-0.4, -0.2) is 23.7 Å². The number of amides is 1. The summed E-state index contributed by atoms with van der Waals surface area (Å²) in [6, 6.07) is 9.12. The second-order valence-corrected chi connectivity index (χ2v) is 4.13. The molecule has 0 saturated heterocycles. The maximum atomic E-state index is 12.0. The van der Waals surface area contributed by atoms with Crippen LogP contribution in [0.1, 0.15) is 10.4 Å². The number of aromatic nitrogens is 1. The summed E-state index contributed by atoms with van der Waals surface area (Å²) in [5, 5.41) is 0. The van der Waals surface area contributed by atoms with E-state index in [0.29, 0.717) is 11.3 Å². The highest BCUT2D eigenvalue weighted by Gasteiger charge is 2.35. The Hall–Kier alpha value is -2.49. The Morgan fingerprint density at radius 3 is 2.50 bits per heavy atom. The molecule has 4 nitrogen and oxygen atoms in total. The molecule has 0 N–H and O–H groups in total. The van der Waals surface area contributed by atoms with Crippen molar-refractivity contribution in [3.05, 3.63) is 48.3 Å². The Bertz CT molecular complexity index is 650. The van der Waals surface area contributed by atoms with Crippen LogP contribution in [0.2, 0.25) is 0 Å². The average molecular weight is 238 g/mol. The lowest BCUT2D eigenvalue weighted by molar-refractivity contribution is -0.114. The molecule has 0 fully saturated rings. The van der Waals surface area contributed by atoms with Crippen LogP contribution in [0.25, 0.3) is 11.1 Å². The Morgan fingerprint density at radius 2 is 1.78 bits per heavy atom. The number of nitrogens with zero attached hydrogens (tertiary/aromatic N) is 2. The zero-order valence-electron chi connectivity index (χ0n) is 9.75. The van der Waals surface area contributed by atoms with Crippen molar-refractivity contribution in [2.24, 2.45) is 0 Å². The van der Waals surface area contributed by atoms with E-state index in [-0.39, 0.29) is 0 Å². The summed E-state index contributed by atoms with van der Waals surface area (Å²) in [4.78, 5) is 29.0. The highest BCUT2D eigenvalue weighted by Crippen LogP contribution is 2.35. The predicted molar refractivity (Wildman–Crippen MR) is 67.4 cm³/mol. The van der Waals surface area contributed by atoms with E-state index < -0.39 is 11.7 Å². The normalized spacial score (nSPS) is 13.9. The van der Waals surface area contributed by atoms with Crippen LogP contribution in [0.5, 0.6) is 0 Å². The van der Waals surface area contributed by atoms with Gasteiger partial charge in [-0.05, 0) is 29.3 Å². The van der Waals surface area contributed by atoms with Gasteiger partial charge in [-0.15, -0.1) is 0 Å². The largest absolute Gasteiger partial charge is 0.308 e. The van der Waals surface area contributed by atoms with E-state index in [1.165, 1.54) is 4.90 Å². The number of likely N-dealkylation sites (N-methyl/N-ethyl adjacent to an activating group) is 1. The number of ketones is 1. The SMILES string of the molecule is CN1C(=O)C(=O)c2c(-c3ccncc3)cccc21. The topological polar surface area (TPSA) is 50.3 Å². The summed E-state index contributed by atoms with van der Waals surface area (Å²) in [6.07, 6.45) is 3.33. The van der Waals surface area contributed by atoms with Crippen LogP contribution in [0, 0.1) is 0 Å². The number of fused-ring (bicyclic) bond motifs is 1. The summed E-state index contributed by atoms with van der Waals surface area (Å²) in [6.45, 7) is 0. The Morgan fingerprint density at radius 1 is 1.06 bits per heavy atom. The fraction of sp³-hybridized carbons (Fsp3) is 0.0714. The first-order valence-electron chi connectivity index (χ1n) is 5.56. The molecule has 0 bridgehead atoms. The van der Waals surface area contributed by atoms with E-state index in [2.05, 4.69) is 4.98 Å². The van der Waals surface area contributed by atoms with Crippen molar-refractivity contribution >= 4 is 17.4 Å². The molecule has 88 valence electrons. The van der Waals surface area contributed by atoms with E-state index in [9.17, 15) is 9.59 Å². The maximum absolute atomic E-state index is 12.0. The number of hydrogen-bond donors (Lipinski definition) is 0. The van der Waals surface area contributed by atoms with Gasteiger partial charge in [-0.3, -0.25) is 14.6 Å². The van der Waals surface area contributed by atoms with E-state index in [4.69, 9.17) is 0 Å². The summed E-state index contributed by atoms with van der Waals surface area (Å²) in [7, 11) is 1.61. The van der Waals surface area contributed by atoms with Gasteiger partial charge in [0.2, 0.25) is 0 Å². The smallest absolute Gasteiger partial charge is 0.299 e. The minimum absolute atomic E-state index is 0.445. The predicted octanol–water partition coefficient (Wildman–Crippen LogP) is 1.91. The first kappa shape index (κ1) is 10.7.